The molecule has 20 heavy (non-hydrogen) atoms. The van der Waals surface area contributed by atoms with Crippen LogP contribution in [0.15, 0.2) is 18.2 Å². The number of carboxylic acid groups (broad SMARTS) is 1. The number of carbonyl (C=O) groups is 1. The molecule has 1 unspecified atom stereocenters. The molecule has 0 aliphatic carbocycles. The van der Waals surface area contributed by atoms with Crippen LogP contribution >= 0.6 is 0 Å². The van der Waals surface area contributed by atoms with Crippen LogP contribution in [-0.4, -0.2) is 31.3 Å². The molecule has 1 aromatic heterocycles. The summed E-state index contributed by atoms with van der Waals surface area (Å²) in [7, 11) is 0. The fraction of sp³-hybridized carbons (Fsp3) is 0.429. The Morgan fingerprint density at radius 2 is 2.10 bits per heavy atom. The van der Waals surface area contributed by atoms with E-state index in [2.05, 4.69) is 22.4 Å². The molecule has 1 N–H and O–H groups in total. The third kappa shape index (κ3) is 3.20. The second-order valence-corrected chi connectivity index (χ2v) is 5.19. The van der Waals surface area contributed by atoms with Crippen molar-refractivity contribution in [1.82, 2.24) is 20.2 Å². The normalized spacial score (nSPS) is 12.3. The predicted octanol–water partition coefficient (Wildman–Crippen LogP) is 2.07. The largest absolute Gasteiger partial charge is 0.481 e. The van der Waals surface area contributed by atoms with Crippen molar-refractivity contribution in [3.8, 4) is 11.4 Å². The molecule has 6 nitrogen and oxygen atoms in total. The number of aromatic nitrogens is 4. The molecule has 0 saturated carbocycles. The van der Waals surface area contributed by atoms with E-state index < -0.39 is 5.97 Å². The SMILES string of the molecule is Cc1ccc(-c2nnnn2CC(C)CC(=O)O)cc1C. The van der Waals surface area contributed by atoms with Crippen LogP contribution in [0.2, 0.25) is 0 Å². The third-order valence-corrected chi connectivity index (χ3v) is 3.30. The number of tetrazole rings is 1. The molecule has 6 heteroatoms. The third-order valence-electron chi connectivity index (χ3n) is 3.30. The van der Waals surface area contributed by atoms with Crippen molar-refractivity contribution in [3.63, 3.8) is 0 Å². The Kier molecular flexibility index (Phi) is 4.12. The van der Waals surface area contributed by atoms with Gasteiger partial charge in [-0.3, -0.25) is 4.79 Å². The minimum Gasteiger partial charge on any atom is -0.481 e. The molecule has 2 rings (SSSR count). The van der Waals surface area contributed by atoms with E-state index >= 15 is 0 Å². The lowest BCUT2D eigenvalue weighted by molar-refractivity contribution is -0.138. The van der Waals surface area contributed by atoms with Gasteiger partial charge in [-0.1, -0.05) is 19.1 Å². The smallest absolute Gasteiger partial charge is 0.303 e. The lowest BCUT2D eigenvalue weighted by atomic mass is 10.1. The standard InChI is InChI=1S/C14H18N4O2/c1-9(6-13(19)20)8-18-14(15-16-17-18)12-5-4-10(2)11(3)7-12/h4-5,7,9H,6,8H2,1-3H3,(H,19,20). The summed E-state index contributed by atoms with van der Waals surface area (Å²) in [5.74, 6) is -0.162. The maximum absolute atomic E-state index is 10.7. The Labute approximate surface area is 117 Å². The fourth-order valence-electron chi connectivity index (χ4n) is 2.07. The molecule has 1 aromatic carbocycles. The molecule has 1 heterocycles. The molecule has 106 valence electrons. The number of carboxylic acids is 1. The molecule has 0 radical (unpaired) electrons. The highest BCUT2D eigenvalue weighted by Gasteiger charge is 2.14. The first-order chi connectivity index (χ1) is 9.47. The zero-order valence-corrected chi connectivity index (χ0v) is 11.9. The van der Waals surface area contributed by atoms with E-state index in [1.807, 2.05) is 32.0 Å². The first kappa shape index (κ1) is 14.2. The van der Waals surface area contributed by atoms with E-state index in [0.29, 0.717) is 12.4 Å². The highest BCUT2D eigenvalue weighted by atomic mass is 16.4. The van der Waals surface area contributed by atoms with Crippen molar-refractivity contribution in [2.45, 2.75) is 33.7 Å². The Morgan fingerprint density at radius 3 is 2.75 bits per heavy atom. The molecule has 0 fully saturated rings. The molecule has 0 aliphatic rings. The number of aliphatic carboxylic acids is 1. The van der Waals surface area contributed by atoms with Crippen molar-refractivity contribution in [1.29, 1.82) is 0 Å². The van der Waals surface area contributed by atoms with Crippen molar-refractivity contribution in [2.24, 2.45) is 5.92 Å². The Hall–Kier alpha value is -2.24. The van der Waals surface area contributed by atoms with E-state index in [1.165, 1.54) is 11.1 Å². The molecule has 1 atom stereocenters. The lowest BCUT2D eigenvalue weighted by Crippen LogP contribution is -2.14. The summed E-state index contributed by atoms with van der Waals surface area (Å²) in [6.07, 6.45) is 0.103. The molecule has 0 amide bonds. The minimum atomic E-state index is -0.807. The van der Waals surface area contributed by atoms with Gasteiger partial charge in [0.2, 0.25) is 0 Å². The van der Waals surface area contributed by atoms with Crippen LogP contribution in [0.5, 0.6) is 0 Å². The van der Waals surface area contributed by atoms with Crippen LogP contribution in [0.4, 0.5) is 0 Å². The van der Waals surface area contributed by atoms with Gasteiger partial charge in [0, 0.05) is 18.5 Å². The van der Waals surface area contributed by atoms with Crippen molar-refractivity contribution >= 4 is 5.97 Å². The average molecular weight is 274 g/mol. The number of aryl methyl sites for hydroxylation is 2. The monoisotopic (exact) mass is 274 g/mol. The summed E-state index contributed by atoms with van der Waals surface area (Å²) in [6.45, 7) is 6.46. The molecule has 2 aromatic rings. The van der Waals surface area contributed by atoms with Crippen LogP contribution in [0.25, 0.3) is 11.4 Å². The summed E-state index contributed by atoms with van der Waals surface area (Å²) in [5.41, 5.74) is 3.34. The molecular weight excluding hydrogens is 256 g/mol. The van der Waals surface area contributed by atoms with Gasteiger partial charge < -0.3 is 5.11 Å². The van der Waals surface area contributed by atoms with Gasteiger partial charge in [-0.05, 0) is 47.4 Å². The van der Waals surface area contributed by atoms with Gasteiger partial charge in [0.15, 0.2) is 5.82 Å². The molecule has 0 bridgehead atoms. The highest BCUT2D eigenvalue weighted by Crippen LogP contribution is 2.20. The second-order valence-electron chi connectivity index (χ2n) is 5.19. The van der Waals surface area contributed by atoms with E-state index in [1.54, 1.807) is 4.68 Å². The van der Waals surface area contributed by atoms with Crippen LogP contribution in [0.3, 0.4) is 0 Å². The van der Waals surface area contributed by atoms with Crippen molar-refractivity contribution < 1.29 is 9.90 Å². The average Bonchev–Trinajstić information content (AvgIpc) is 2.79. The number of rotatable bonds is 5. The second kappa shape index (κ2) is 5.81. The summed E-state index contributed by atoms with van der Waals surface area (Å²) in [4.78, 5) is 10.7. The van der Waals surface area contributed by atoms with E-state index in [-0.39, 0.29) is 12.3 Å². The van der Waals surface area contributed by atoms with Crippen LogP contribution in [0.1, 0.15) is 24.5 Å². The topological polar surface area (TPSA) is 80.9 Å². The summed E-state index contributed by atoms with van der Waals surface area (Å²) >= 11 is 0. The molecule has 0 aliphatic heterocycles. The molecule has 0 saturated heterocycles. The zero-order valence-electron chi connectivity index (χ0n) is 11.9. The van der Waals surface area contributed by atoms with Gasteiger partial charge in [0.05, 0.1) is 0 Å². The van der Waals surface area contributed by atoms with Crippen LogP contribution < -0.4 is 0 Å². The van der Waals surface area contributed by atoms with Gasteiger partial charge in [-0.25, -0.2) is 4.68 Å². The van der Waals surface area contributed by atoms with Gasteiger partial charge in [-0.15, -0.1) is 5.10 Å². The zero-order chi connectivity index (χ0) is 14.7. The van der Waals surface area contributed by atoms with E-state index in [4.69, 9.17) is 5.11 Å². The maximum Gasteiger partial charge on any atom is 0.303 e. The molecule has 0 spiro atoms. The van der Waals surface area contributed by atoms with Crippen molar-refractivity contribution in [3.05, 3.63) is 29.3 Å². The van der Waals surface area contributed by atoms with Crippen LogP contribution in [0, 0.1) is 19.8 Å². The van der Waals surface area contributed by atoms with Gasteiger partial charge in [-0.2, -0.15) is 0 Å². The Bertz CT molecular complexity index is 621. The minimum absolute atomic E-state index is 0.0266. The lowest BCUT2D eigenvalue weighted by Gasteiger charge is -2.10. The quantitative estimate of drug-likeness (QED) is 0.902. The number of nitrogens with zero attached hydrogens (tertiary/aromatic N) is 4. The predicted molar refractivity (Wildman–Crippen MR) is 74.1 cm³/mol. The van der Waals surface area contributed by atoms with E-state index in [0.717, 1.165) is 5.56 Å². The van der Waals surface area contributed by atoms with Crippen molar-refractivity contribution in [2.75, 3.05) is 0 Å². The number of hydrogen-bond acceptors (Lipinski definition) is 4. The Balaban J connectivity index is 2.23. The van der Waals surface area contributed by atoms with E-state index in [9.17, 15) is 4.79 Å². The first-order valence-electron chi connectivity index (χ1n) is 6.53. The maximum atomic E-state index is 10.7. The fourth-order valence-corrected chi connectivity index (χ4v) is 2.07. The van der Waals surface area contributed by atoms with Gasteiger partial charge >= 0.3 is 5.97 Å². The summed E-state index contributed by atoms with van der Waals surface area (Å²) in [6, 6.07) is 6.05. The highest BCUT2D eigenvalue weighted by molar-refractivity contribution is 5.67. The summed E-state index contributed by atoms with van der Waals surface area (Å²) in [5, 5.41) is 20.5. The molecular formula is C14H18N4O2. The number of benzene rings is 1. The summed E-state index contributed by atoms with van der Waals surface area (Å²) < 4.78 is 1.66. The number of hydrogen-bond donors (Lipinski definition) is 1. The van der Waals surface area contributed by atoms with Crippen LogP contribution in [-0.2, 0) is 11.3 Å². The Morgan fingerprint density at radius 1 is 1.35 bits per heavy atom. The van der Waals surface area contributed by atoms with Gasteiger partial charge in [0.1, 0.15) is 0 Å². The first-order valence-corrected chi connectivity index (χ1v) is 6.53. The van der Waals surface area contributed by atoms with Gasteiger partial charge in [0.25, 0.3) is 0 Å².